The van der Waals surface area contributed by atoms with Gasteiger partial charge in [-0.05, 0) is 18.2 Å². The maximum atomic E-state index is 12.5. The largest absolute Gasteiger partial charge is 0.501 e. The molecule has 18 heavy (non-hydrogen) atoms. The summed E-state index contributed by atoms with van der Waals surface area (Å²) in [5.74, 6) is 0. The molecule has 0 amide bonds. The third-order valence-electron chi connectivity index (χ3n) is 2.51. The standard InChI is InChI=1S/C10H7ClF3NO2S/c1-15-5-9(18(16,17)10(12,13)14)7-4-6(11)2-3-8(7)15/h2-5H,1H3. The van der Waals surface area contributed by atoms with Crippen LogP contribution >= 0.6 is 11.6 Å². The van der Waals surface area contributed by atoms with Crippen molar-refractivity contribution in [3.05, 3.63) is 29.4 Å². The molecular weight excluding hydrogens is 291 g/mol. The van der Waals surface area contributed by atoms with Crippen LogP contribution in [0.25, 0.3) is 10.9 Å². The number of halogens is 4. The molecule has 98 valence electrons. The van der Waals surface area contributed by atoms with Gasteiger partial charge in [-0.1, -0.05) is 11.6 Å². The molecule has 0 aliphatic rings. The van der Waals surface area contributed by atoms with Crippen LogP contribution in [0.1, 0.15) is 0 Å². The summed E-state index contributed by atoms with van der Waals surface area (Å²) in [5, 5.41) is 0.134. The van der Waals surface area contributed by atoms with E-state index < -0.39 is 20.2 Å². The Balaban J connectivity index is 2.85. The van der Waals surface area contributed by atoms with Crippen molar-refractivity contribution in [3.63, 3.8) is 0 Å². The Labute approximate surface area is 106 Å². The van der Waals surface area contributed by atoms with Gasteiger partial charge in [0.25, 0.3) is 9.84 Å². The van der Waals surface area contributed by atoms with Crippen LogP contribution in [-0.2, 0) is 16.9 Å². The molecule has 0 spiro atoms. The molecule has 0 fully saturated rings. The lowest BCUT2D eigenvalue weighted by Crippen LogP contribution is -2.23. The highest BCUT2D eigenvalue weighted by atomic mass is 35.5. The van der Waals surface area contributed by atoms with Crippen LogP contribution in [0.5, 0.6) is 0 Å². The van der Waals surface area contributed by atoms with E-state index >= 15 is 0 Å². The Bertz CT molecular complexity index is 719. The van der Waals surface area contributed by atoms with Gasteiger partial charge in [0.05, 0.1) is 0 Å². The van der Waals surface area contributed by atoms with Crippen molar-refractivity contribution in [2.75, 3.05) is 0 Å². The Morgan fingerprint density at radius 3 is 2.44 bits per heavy atom. The van der Waals surface area contributed by atoms with Crippen LogP contribution in [-0.4, -0.2) is 18.5 Å². The van der Waals surface area contributed by atoms with Crippen LogP contribution < -0.4 is 0 Å². The van der Waals surface area contributed by atoms with Gasteiger partial charge in [0.2, 0.25) is 0 Å². The SMILES string of the molecule is Cn1cc(S(=O)(=O)C(F)(F)F)c2cc(Cl)ccc21. The second-order valence-corrected chi connectivity index (χ2v) is 6.06. The average Bonchev–Trinajstić information content (AvgIpc) is 2.54. The molecular formula is C10H7ClF3NO2S. The Kier molecular flexibility index (Phi) is 2.86. The summed E-state index contributed by atoms with van der Waals surface area (Å²) >= 11 is 5.68. The molecule has 0 unspecified atom stereocenters. The first-order chi connectivity index (χ1) is 8.14. The van der Waals surface area contributed by atoms with Gasteiger partial charge in [-0.3, -0.25) is 0 Å². The second-order valence-electron chi connectivity index (χ2n) is 3.71. The minimum atomic E-state index is -5.38. The van der Waals surface area contributed by atoms with E-state index in [0.717, 1.165) is 6.20 Å². The lowest BCUT2D eigenvalue weighted by Gasteiger charge is -2.06. The van der Waals surface area contributed by atoms with Crippen LogP contribution in [0.4, 0.5) is 13.2 Å². The number of rotatable bonds is 1. The zero-order valence-electron chi connectivity index (χ0n) is 8.99. The first-order valence-electron chi connectivity index (χ1n) is 4.70. The van der Waals surface area contributed by atoms with Gasteiger partial charge in [-0.25, -0.2) is 8.42 Å². The van der Waals surface area contributed by atoms with Gasteiger partial charge < -0.3 is 4.57 Å². The molecule has 0 aliphatic heterocycles. The van der Waals surface area contributed by atoms with Crippen molar-refractivity contribution in [1.82, 2.24) is 4.57 Å². The molecule has 0 N–H and O–H groups in total. The summed E-state index contributed by atoms with van der Waals surface area (Å²) in [6.07, 6.45) is 0.934. The van der Waals surface area contributed by atoms with E-state index in [-0.39, 0.29) is 10.4 Å². The predicted molar refractivity (Wildman–Crippen MR) is 61.2 cm³/mol. The molecule has 2 rings (SSSR count). The molecule has 8 heteroatoms. The Morgan fingerprint density at radius 2 is 1.89 bits per heavy atom. The molecule has 3 nitrogen and oxygen atoms in total. The zero-order chi connectivity index (χ0) is 13.7. The van der Waals surface area contributed by atoms with Gasteiger partial charge >= 0.3 is 5.51 Å². The van der Waals surface area contributed by atoms with Crippen LogP contribution in [0.3, 0.4) is 0 Å². The van der Waals surface area contributed by atoms with E-state index in [1.165, 1.54) is 29.8 Å². The maximum absolute atomic E-state index is 12.5. The summed E-state index contributed by atoms with van der Waals surface area (Å²) < 4.78 is 61.7. The van der Waals surface area contributed by atoms with E-state index in [2.05, 4.69) is 0 Å². The first-order valence-corrected chi connectivity index (χ1v) is 6.56. The number of nitrogens with zero attached hydrogens (tertiary/aromatic N) is 1. The zero-order valence-corrected chi connectivity index (χ0v) is 10.6. The molecule has 0 saturated heterocycles. The highest BCUT2D eigenvalue weighted by Gasteiger charge is 2.48. The fraction of sp³-hybridized carbons (Fsp3) is 0.200. The number of aryl methyl sites for hydroxylation is 1. The summed E-state index contributed by atoms with van der Waals surface area (Å²) in [6, 6.07) is 4.15. The number of aromatic nitrogens is 1. The number of hydrogen-bond acceptors (Lipinski definition) is 2. The molecule has 0 aliphatic carbocycles. The van der Waals surface area contributed by atoms with Crippen LogP contribution in [0, 0.1) is 0 Å². The predicted octanol–water partition coefficient (Wildman–Crippen LogP) is 3.13. The van der Waals surface area contributed by atoms with Crippen molar-refractivity contribution in [2.24, 2.45) is 7.05 Å². The van der Waals surface area contributed by atoms with Crippen molar-refractivity contribution in [1.29, 1.82) is 0 Å². The van der Waals surface area contributed by atoms with E-state index in [4.69, 9.17) is 11.6 Å². The van der Waals surface area contributed by atoms with E-state index in [1.54, 1.807) is 0 Å². The summed E-state index contributed by atoms with van der Waals surface area (Å²) in [5.41, 5.74) is -4.97. The average molecular weight is 298 g/mol. The maximum Gasteiger partial charge on any atom is 0.501 e. The third kappa shape index (κ3) is 1.87. The van der Waals surface area contributed by atoms with Gasteiger partial charge in [-0.15, -0.1) is 0 Å². The van der Waals surface area contributed by atoms with E-state index in [9.17, 15) is 21.6 Å². The molecule has 2 aromatic rings. The number of alkyl halides is 3. The molecule has 0 atom stereocenters. The second kappa shape index (κ2) is 3.89. The van der Waals surface area contributed by atoms with Gasteiger partial charge in [0.1, 0.15) is 4.90 Å². The van der Waals surface area contributed by atoms with Crippen molar-refractivity contribution in [2.45, 2.75) is 10.4 Å². The smallest absolute Gasteiger partial charge is 0.349 e. The molecule has 0 bridgehead atoms. The van der Waals surface area contributed by atoms with Crippen molar-refractivity contribution in [3.8, 4) is 0 Å². The lowest BCUT2D eigenvalue weighted by molar-refractivity contribution is -0.0435. The topological polar surface area (TPSA) is 39.1 Å². The lowest BCUT2D eigenvalue weighted by atomic mass is 10.2. The summed E-state index contributed by atoms with van der Waals surface area (Å²) in [4.78, 5) is -0.782. The molecule has 0 saturated carbocycles. The summed E-state index contributed by atoms with van der Waals surface area (Å²) in [6.45, 7) is 0. The fourth-order valence-electron chi connectivity index (χ4n) is 1.67. The first kappa shape index (κ1) is 13.2. The number of benzene rings is 1. The van der Waals surface area contributed by atoms with E-state index in [0.29, 0.717) is 5.52 Å². The molecule has 0 radical (unpaired) electrons. The van der Waals surface area contributed by atoms with E-state index in [1.807, 2.05) is 0 Å². The highest BCUT2D eigenvalue weighted by Crippen LogP contribution is 2.36. The number of hydrogen-bond donors (Lipinski definition) is 0. The highest BCUT2D eigenvalue weighted by molar-refractivity contribution is 7.92. The Hall–Kier alpha value is -1.21. The van der Waals surface area contributed by atoms with Crippen molar-refractivity contribution < 1.29 is 21.6 Å². The van der Waals surface area contributed by atoms with Crippen LogP contribution in [0.15, 0.2) is 29.3 Å². The molecule has 1 aromatic carbocycles. The van der Waals surface area contributed by atoms with Gasteiger partial charge in [0, 0.05) is 29.2 Å². The van der Waals surface area contributed by atoms with Crippen molar-refractivity contribution >= 4 is 32.3 Å². The van der Waals surface area contributed by atoms with Gasteiger partial charge in [0.15, 0.2) is 0 Å². The van der Waals surface area contributed by atoms with Gasteiger partial charge in [-0.2, -0.15) is 13.2 Å². The number of sulfone groups is 1. The minimum Gasteiger partial charge on any atom is -0.349 e. The quantitative estimate of drug-likeness (QED) is 0.811. The number of fused-ring (bicyclic) bond motifs is 1. The van der Waals surface area contributed by atoms with Crippen LogP contribution in [0.2, 0.25) is 5.02 Å². The third-order valence-corrected chi connectivity index (χ3v) is 4.26. The summed E-state index contributed by atoms with van der Waals surface area (Å²) in [7, 11) is -3.91. The minimum absolute atomic E-state index is 0.0395. The monoisotopic (exact) mass is 297 g/mol. The molecule has 1 heterocycles. The molecule has 1 aromatic heterocycles. The fourth-order valence-corrected chi connectivity index (χ4v) is 2.84. The Morgan fingerprint density at radius 1 is 1.28 bits per heavy atom. The normalized spacial score (nSPS) is 13.2.